The quantitative estimate of drug-likeness (QED) is 0.830. The number of pyridine rings is 1. The van der Waals surface area contributed by atoms with E-state index >= 15 is 0 Å². The van der Waals surface area contributed by atoms with Crippen molar-refractivity contribution in [1.82, 2.24) is 10.3 Å². The maximum Gasteiger partial charge on any atom is 0.0524 e. The largest absolute Gasteiger partial charge is 0.307 e. The van der Waals surface area contributed by atoms with Crippen molar-refractivity contribution in [3.8, 4) is 0 Å². The Balaban J connectivity index is 2.87. The first-order valence-corrected chi connectivity index (χ1v) is 6.41. The molecule has 0 amide bonds. The van der Waals surface area contributed by atoms with E-state index in [0.717, 1.165) is 17.4 Å². The molecule has 0 spiro atoms. The van der Waals surface area contributed by atoms with E-state index in [1.165, 1.54) is 11.1 Å². The predicted octanol–water partition coefficient (Wildman–Crippen LogP) is 3.85. The lowest BCUT2D eigenvalue weighted by molar-refractivity contribution is 0.608. The number of hydrogen-bond acceptors (Lipinski definition) is 2. The highest BCUT2D eigenvalue weighted by Gasteiger charge is 2.07. The fraction of sp³-hybridized carbons (Fsp3) is 0.462. The molecule has 1 heterocycles. The zero-order chi connectivity index (χ0) is 12.0. The summed E-state index contributed by atoms with van der Waals surface area (Å²) in [7, 11) is 0. The van der Waals surface area contributed by atoms with Gasteiger partial charge in [0, 0.05) is 16.9 Å². The third-order valence-electron chi connectivity index (χ3n) is 2.20. The molecule has 0 fully saturated rings. The van der Waals surface area contributed by atoms with Gasteiger partial charge in [0.25, 0.3) is 0 Å². The Kier molecular flexibility index (Phi) is 5.71. The van der Waals surface area contributed by atoms with Gasteiger partial charge in [-0.05, 0) is 54.4 Å². The Labute approximate surface area is 106 Å². The summed E-state index contributed by atoms with van der Waals surface area (Å²) in [6, 6.07) is 2.37. The fourth-order valence-electron chi connectivity index (χ4n) is 1.50. The van der Waals surface area contributed by atoms with Crippen LogP contribution in [0.25, 0.3) is 0 Å². The van der Waals surface area contributed by atoms with Crippen LogP contribution < -0.4 is 5.32 Å². The molecule has 88 valence electrons. The Morgan fingerprint density at radius 1 is 1.50 bits per heavy atom. The first-order chi connectivity index (χ1) is 7.63. The van der Waals surface area contributed by atoms with Crippen molar-refractivity contribution in [2.75, 3.05) is 6.54 Å². The monoisotopic (exact) mass is 282 g/mol. The van der Waals surface area contributed by atoms with Crippen LogP contribution in [0.4, 0.5) is 0 Å². The third kappa shape index (κ3) is 4.45. The van der Waals surface area contributed by atoms with Crippen molar-refractivity contribution >= 4 is 15.9 Å². The molecule has 1 aromatic rings. The molecule has 0 bridgehead atoms. The van der Waals surface area contributed by atoms with Gasteiger partial charge in [-0.2, -0.15) is 0 Å². The molecule has 0 saturated carbocycles. The molecule has 16 heavy (non-hydrogen) atoms. The van der Waals surface area contributed by atoms with E-state index in [1.807, 2.05) is 12.4 Å². The molecule has 0 radical (unpaired) electrons. The van der Waals surface area contributed by atoms with Gasteiger partial charge >= 0.3 is 0 Å². The molecule has 0 aliphatic rings. The number of allylic oxidation sites excluding steroid dienone is 1. The normalized spacial score (nSPS) is 12.2. The van der Waals surface area contributed by atoms with Crippen molar-refractivity contribution < 1.29 is 0 Å². The maximum atomic E-state index is 4.20. The molecule has 3 heteroatoms. The van der Waals surface area contributed by atoms with Gasteiger partial charge in [0.15, 0.2) is 0 Å². The summed E-state index contributed by atoms with van der Waals surface area (Å²) in [6.45, 7) is 7.42. The Bertz CT molecular complexity index is 357. The molecule has 2 nitrogen and oxygen atoms in total. The minimum Gasteiger partial charge on any atom is -0.307 e. The second-order valence-electron chi connectivity index (χ2n) is 4.11. The molecule has 1 unspecified atom stereocenters. The predicted molar refractivity (Wildman–Crippen MR) is 72.4 cm³/mol. The lowest BCUT2D eigenvalue weighted by Crippen LogP contribution is -2.20. The molecule has 0 saturated heterocycles. The lowest BCUT2D eigenvalue weighted by Gasteiger charge is -2.15. The summed E-state index contributed by atoms with van der Waals surface area (Å²) in [5.41, 5.74) is 2.51. The molecule has 0 aromatic carbocycles. The number of nitrogens with one attached hydrogen (secondary N) is 1. The molecule has 1 aromatic heterocycles. The number of hydrogen-bond donors (Lipinski definition) is 1. The van der Waals surface area contributed by atoms with Gasteiger partial charge in [0.1, 0.15) is 0 Å². The van der Waals surface area contributed by atoms with Crippen LogP contribution in [0.1, 0.15) is 38.8 Å². The Morgan fingerprint density at radius 3 is 2.81 bits per heavy atom. The highest BCUT2D eigenvalue weighted by Crippen LogP contribution is 2.19. The smallest absolute Gasteiger partial charge is 0.0524 e. The van der Waals surface area contributed by atoms with Crippen LogP contribution in [-0.4, -0.2) is 11.5 Å². The van der Waals surface area contributed by atoms with Crippen LogP contribution in [0.5, 0.6) is 0 Å². The van der Waals surface area contributed by atoms with Gasteiger partial charge in [-0.3, -0.25) is 4.98 Å². The summed E-state index contributed by atoms with van der Waals surface area (Å²) < 4.78 is 1.02. The fourth-order valence-corrected chi connectivity index (χ4v) is 1.89. The van der Waals surface area contributed by atoms with Gasteiger partial charge in [-0.1, -0.05) is 18.6 Å². The van der Waals surface area contributed by atoms with E-state index in [2.05, 4.69) is 59.1 Å². The number of nitrogens with zero attached hydrogens (tertiary/aromatic N) is 1. The molecule has 1 rings (SSSR count). The molecule has 1 N–H and O–H groups in total. The van der Waals surface area contributed by atoms with E-state index in [1.54, 1.807) is 0 Å². The molecule has 1 atom stereocenters. The van der Waals surface area contributed by atoms with E-state index in [-0.39, 0.29) is 6.04 Å². The standard InChI is InChI=1S/C13H19BrN2/c1-4-5-16-13(6-10(2)3)11-7-12(14)9-15-8-11/h6-9,13,16H,4-5H2,1-3H3. The van der Waals surface area contributed by atoms with Crippen LogP contribution >= 0.6 is 15.9 Å². The second-order valence-corrected chi connectivity index (χ2v) is 5.03. The topological polar surface area (TPSA) is 24.9 Å². The molecule has 0 aliphatic carbocycles. The van der Waals surface area contributed by atoms with E-state index < -0.39 is 0 Å². The SMILES string of the molecule is CCCNC(C=C(C)C)c1cncc(Br)c1. The zero-order valence-electron chi connectivity index (χ0n) is 10.1. The van der Waals surface area contributed by atoms with E-state index in [0.29, 0.717) is 0 Å². The first kappa shape index (κ1) is 13.4. The lowest BCUT2D eigenvalue weighted by atomic mass is 10.1. The van der Waals surface area contributed by atoms with Gasteiger partial charge in [0.05, 0.1) is 6.04 Å². The van der Waals surface area contributed by atoms with Gasteiger partial charge in [-0.25, -0.2) is 0 Å². The average Bonchev–Trinajstić information content (AvgIpc) is 2.23. The van der Waals surface area contributed by atoms with Gasteiger partial charge < -0.3 is 5.32 Å². The highest BCUT2D eigenvalue weighted by molar-refractivity contribution is 9.10. The summed E-state index contributed by atoms with van der Waals surface area (Å²) in [6.07, 6.45) is 7.09. The van der Waals surface area contributed by atoms with Crippen LogP contribution in [0.3, 0.4) is 0 Å². The van der Waals surface area contributed by atoms with Crippen molar-refractivity contribution in [2.24, 2.45) is 0 Å². The average molecular weight is 283 g/mol. The number of rotatable bonds is 5. The summed E-state index contributed by atoms with van der Waals surface area (Å²) in [4.78, 5) is 4.20. The summed E-state index contributed by atoms with van der Waals surface area (Å²) >= 11 is 3.45. The van der Waals surface area contributed by atoms with Crippen molar-refractivity contribution in [2.45, 2.75) is 33.2 Å². The van der Waals surface area contributed by atoms with Crippen LogP contribution in [0, 0.1) is 0 Å². The zero-order valence-corrected chi connectivity index (χ0v) is 11.7. The first-order valence-electron chi connectivity index (χ1n) is 5.62. The summed E-state index contributed by atoms with van der Waals surface area (Å²) in [5, 5.41) is 3.51. The molecular formula is C13H19BrN2. The van der Waals surface area contributed by atoms with E-state index in [4.69, 9.17) is 0 Å². The Hall–Kier alpha value is -0.670. The maximum absolute atomic E-state index is 4.20. The highest BCUT2D eigenvalue weighted by atomic mass is 79.9. The summed E-state index contributed by atoms with van der Waals surface area (Å²) in [5.74, 6) is 0. The van der Waals surface area contributed by atoms with Gasteiger partial charge in [-0.15, -0.1) is 0 Å². The number of aromatic nitrogens is 1. The van der Waals surface area contributed by atoms with Crippen LogP contribution in [0.2, 0.25) is 0 Å². The minimum atomic E-state index is 0.259. The minimum absolute atomic E-state index is 0.259. The molecule has 0 aliphatic heterocycles. The molecular weight excluding hydrogens is 264 g/mol. The van der Waals surface area contributed by atoms with Crippen LogP contribution in [-0.2, 0) is 0 Å². The van der Waals surface area contributed by atoms with Crippen molar-refractivity contribution in [1.29, 1.82) is 0 Å². The van der Waals surface area contributed by atoms with Crippen molar-refractivity contribution in [3.05, 3.63) is 40.1 Å². The third-order valence-corrected chi connectivity index (χ3v) is 2.63. The van der Waals surface area contributed by atoms with Crippen molar-refractivity contribution in [3.63, 3.8) is 0 Å². The number of halogens is 1. The van der Waals surface area contributed by atoms with Crippen LogP contribution in [0.15, 0.2) is 34.6 Å². The van der Waals surface area contributed by atoms with E-state index in [9.17, 15) is 0 Å². The van der Waals surface area contributed by atoms with Gasteiger partial charge in [0.2, 0.25) is 0 Å². The Morgan fingerprint density at radius 2 is 2.25 bits per heavy atom. The second kappa shape index (κ2) is 6.81.